The number of carbonyl (C=O) groups excluding carboxylic acids is 2. The van der Waals surface area contributed by atoms with Crippen LogP contribution in [0.3, 0.4) is 0 Å². The van der Waals surface area contributed by atoms with E-state index in [0.29, 0.717) is 11.5 Å². The molecule has 16 heavy (non-hydrogen) atoms. The van der Waals surface area contributed by atoms with E-state index in [0.717, 1.165) is 5.56 Å². The summed E-state index contributed by atoms with van der Waals surface area (Å²) in [7, 11) is 1.20. The fraction of sp³-hybridized carbons (Fsp3) is 0.444. The predicted molar refractivity (Wildman–Crippen MR) is 54.2 cm³/mol. The third-order valence-corrected chi connectivity index (χ3v) is 2.04. The Bertz CT molecular complexity index is 399. The molecular formula is C9H13N3O4. The van der Waals surface area contributed by atoms with Crippen LogP contribution < -0.4 is 5.73 Å². The smallest absolute Gasteiger partial charge is 0.317 e. The predicted octanol–water partition coefficient (Wildman–Crippen LogP) is -0.0934. The minimum atomic E-state index is -0.653. The van der Waals surface area contributed by atoms with Crippen LogP contribution in [0.2, 0.25) is 0 Å². The molecule has 0 fully saturated rings. The molecule has 0 unspecified atom stereocenters. The molecule has 0 aliphatic carbocycles. The number of nitrogens with one attached hydrogen (secondary N) is 1. The van der Waals surface area contributed by atoms with Gasteiger partial charge in [0.25, 0.3) is 0 Å². The highest BCUT2D eigenvalue weighted by Gasteiger charge is 2.12. The van der Waals surface area contributed by atoms with Gasteiger partial charge in [0.15, 0.2) is 0 Å². The number of rotatable bonds is 4. The number of carbonyl (C=O) groups is 2. The lowest BCUT2D eigenvalue weighted by Crippen LogP contribution is -2.12. The van der Waals surface area contributed by atoms with Crippen molar-refractivity contribution in [2.45, 2.75) is 20.0 Å². The molecule has 0 bridgehead atoms. The molecule has 0 spiro atoms. The third-order valence-electron chi connectivity index (χ3n) is 2.04. The van der Waals surface area contributed by atoms with Gasteiger partial charge in [0, 0.05) is 5.56 Å². The van der Waals surface area contributed by atoms with Gasteiger partial charge in [0.2, 0.25) is 0 Å². The summed E-state index contributed by atoms with van der Waals surface area (Å²) >= 11 is 0. The zero-order valence-electron chi connectivity index (χ0n) is 9.07. The van der Waals surface area contributed by atoms with E-state index >= 15 is 0 Å². The molecule has 1 heterocycles. The number of nitrogens with zero attached hydrogens (tertiary/aromatic N) is 1. The molecule has 1 rings (SSSR count). The van der Waals surface area contributed by atoms with E-state index in [1.807, 2.05) is 0 Å². The third kappa shape index (κ3) is 2.97. The molecule has 7 heteroatoms. The molecular weight excluding hydrogens is 214 g/mol. The van der Waals surface area contributed by atoms with Crippen LogP contribution in [0.15, 0.2) is 0 Å². The average Bonchev–Trinajstić information content (AvgIpc) is 2.57. The SMILES string of the molecule is COC(=O)CC(=O)OCc1[nH]nc(N)c1C. The highest BCUT2D eigenvalue weighted by molar-refractivity contribution is 5.91. The zero-order chi connectivity index (χ0) is 12.1. The average molecular weight is 227 g/mol. The Balaban J connectivity index is 2.43. The standard InChI is InChI=1S/C9H13N3O4/c1-5-6(11-12-9(5)10)4-16-8(14)3-7(13)15-2/h3-4H2,1-2H3,(H3,10,11,12). The van der Waals surface area contributed by atoms with Gasteiger partial charge in [-0.1, -0.05) is 0 Å². The Labute approximate surface area is 91.9 Å². The largest absolute Gasteiger partial charge is 0.469 e. The van der Waals surface area contributed by atoms with Gasteiger partial charge in [-0.25, -0.2) is 0 Å². The number of H-pyrrole nitrogens is 1. The maximum atomic E-state index is 11.1. The number of nitrogen functional groups attached to an aromatic ring is 1. The first-order chi connectivity index (χ1) is 7.54. The quantitative estimate of drug-likeness (QED) is 0.549. The molecule has 0 aliphatic rings. The molecule has 0 aliphatic heterocycles. The van der Waals surface area contributed by atoms with E-state index in [1.165, 1.54) is 7.11 Å². The molecule has 0 aromatic carbocycles. The van der Waals surface area contributed by atoms with Crippen molar-refractivity contribution in [2.75, 3.05) is 12.8 Å². The number of hydrogen-bond acceptors (Lipinski definition) is 6. The molecule has 0 radical (unpaired) electrons. The van der Waals surface area contributed by atoms with Gasteiger partial charge in [0.05, 0.1) is 12.8 Å². The molecule has 0 atom stereocenters. The van der Waals surface area contributed by atoms with E-state index in [4.69, 9.17) is 10.5 Å². The van der Waals surface area contributed by atoms with Crippen molar-refractivity contribution in [1.82, 2.24) is 10.2 Å². The Morgan fingerprint density at radius 2 is 2.12 bits per heavy atom. The summed E-state index contributed by atoms with van der Waals surface area (Å²) in [5.74, 6) is -0.927. The topological polar surface area (TPSA) is 107 Å². The summed E-state index contributed by atoms with van der Waals surface area (Å²) in [6, 6.07) is 0. The van der Waals surface area contributed by atoms with Crippen LogP contribution >= 0.6 is 0 Å². The second-order valence-electron chi connectivity index (χ2n) is 3.13. The summed E-state index contributed by atoms with van der Waals surface area (Å²) in [5, 5.41) is 6.37. The van der Waals surface area contributed by atoms with Crippen molar-refractivity contribution in [3.05, 3.63) is 11.3 Å². The summed E-state index contributed by atoms with van der Waals surface area (Å²) in [6.07, 6.45) is -0.404. The fourth-order valence-electron chi connectivity index (χ4n) is 0.984. The second kappa shape index (κ2) is 5.15. The van der Waals surface area contributed by atoms with Crippen LogP contribution in [0.4, 0.5) is 5.82 Å². The maximum absolute atomic E-state index is 11.1. The van der Waals surface area contributed by atoms with Crippen molar-refractivity contribution in [3.8, 4) is 0 Å². The summed E-state index contributed by atoms with van der Waals surface area (Å²) in [4.78, 5) is 21.9. The van der Waals surface area contributed by atoms with Crippen molar-refractivity contribution < 1.29 is 19.1 Å². The van der Waals surface area contributed by atoms with Crippen molar-refractivity contribution in [2.24, 2.45) is 0 Å². The van der Waals surface area contributed by atoms with Gasteiger partial charge >= 0.3 is 11.9 Å². The van der Waals surface area contributed by atoms with Crippen LogP contribution in [0.25, 0.3) is 0 Å². The second-order valence-corrected chi connectivity index (χ2v) is 3.13. The molecule has 7 nitrogen and oxygen atoms in total. The van der Waals surface area contributed by atoms with Crippen LogP contribution in [0.1, 0.15) is 17.7 Å². The number of methoxy groups -OCH3 is 1. The van der Waals surface area contributed by atoms with E-state index < -0.39 is 18.4 Å². The van der Waals surface area contributed by atoms with Gasteiger partial charge in [0.1, 0.15) is 18.8 Å². The summed E-state index contributed by atoms with van der Waals surface area (Å²) in [6.45, 7) is 1.76. The first-order valence-electron chi connectivity index (χ1n) is 4.56. The first kappa shape index (κ1) is 12.0. The Hall–Kier alpha value is -2.05. The lowest BCUT2D eigenvalue weighted by Gasteiger charge is -2.02. The van der Waals surface area contributed by atoms with Gasteiger partial charge < -0.3 is 15.2 Å². The minimum absolute atomic E-state index is 0.00581. The highest BCUT2D eigenvalue weighted by Crippen LogP contribution is 2.12. The molecule has 1 aromatic rings. The summed E-state index contributed by atoms with van der Waals surface area (Å²) in [5.41, 5.74) is 6.83. The Morgan fingerprint density at radius 1 is 1.44 bits per heavy atom. The number of hydrogen-bond donors (Lipinski definition) is 2. The van der Waals surface area contributed by atoms with Gasteiger partial charge in [-0.05, 0) is 6.92 Å². The molecule has 0 amide bonds. The lowest BCUT2D eigenvalue weighted by molar-refractivity contribution is -0.153. The van der Waals surface area contributed by atoms with Gasteiger partial charge in [-0.15, -0.1) is 0 Å². The number of aromatic amines is 1. The maximum Gasteiger partial charge on any atom is 0.317 e. The first-order valence-corrected chi connectivity index (χ1v) is 4.56. The van der Waals surface area contributed by atoms with Crippen molar-refractivity contribution in [1.29, 1.82) is 0 Å². The molecule has 0 saturated heterocycles. The van der Waals surface area contributed by atoms with Crippen LogP contribution in [-0.4, -0.2) is 29.2 Å². The molecule has 0 saturated carbocycles. The van der Waals surface area contributed by atoms with Gasteiger partial charge in [-0.3, -0.25) is 14.7 Å². The number of nitrogens with two attached hydrogens (primary N) is 1. The monoisotopic (exact) mass is 227 g/mol. The Morgan fingerprint density at radius 3 is 2.62 bits per heavy atom. The summed E-state index contributed by atoms with van der Waals surface area (Å²) < 4.78 is 9.15. The van der Waals surface area contributed by atoms with Crippen LogP contribution in [0, 0.1) is 6.92 Å². The molecule has 1 aromatic heterocycles. The van der Waals surface area contributed by atoms with E-state index in [1.54, 1.807) is 6.92 Å². The minimum Gasteiger partial charge on any atom is -0.469 e. The van der Waals surface area contributed by atoms with E-state index in [2.05, 4.69) is 14.9 Å². The molecule has 3 N–H and O–H groups in total. The van der Waals surface area contributed by atoms with Gasteiger partial charge in [-0.2, -0.15) is 5.10 Å². The molecule has 88 valence electrons. The lowest BCUT2D eigenvalue weighted by atomic mass is 10.3. The van der Waals surface area contributed by atoms with E-state index in [-0.39, 0.29) is 6.61 Å². The number of aromatic nitrogens is 2. The zero-order valence-corrected chi connectivity index (χ0v) is 9.07. The van der Waals surface area contributed by atoms with Crippen LogP contribution in [-0.2, 0) is 25.7 Å². The normalized spacial score (nSPS) is 9.88. The van der Waals surface area contributed by atoms with Crippen molar-refractivity contribution in [3.63, 3.8) is 0 Å². The number of ether oxygens (including phenoxy) is 2. The fourth-order valence-corrected chi connectivity index (χ4v) is 0.984. The van der Waals surface area contributed by atoms with E-state index in [9.17, 15) is 9.59 Å². The Kier molecular flexibility index (Phi) is 3.87. The number of anilines is 1. The van der Waals surface area contributed by atoms with Crippen LogP contribution in [0.5, 0.6) is 0 Å². The highest BCUT2D eigenvalue weighted by atomic mass is 16.5. The van der Waals surface area contributed by atoms with Crippen molar-refractivity contribution >= 4 is 17.8 Å². The number of esters is 2.